The van der Waals surface area contributed by atoms with Crippen LogP contribution in [-0.2, 0) is 9.47 Å². The minimum atomic E-state index is -0.624. The molecule has 1 aliphatic rings. The van der Waals surface area contributed by atoms with Crippen molar-refractivity contribution in [1.29, 1.82) is 0 Å². The number of benzene rings is 1. The first-order valence-corrected chi connectivity index (χ1v) is 6.92. The Kier molecular flexibility index (Phi) is 5.63. The van der Waals surface area contributed by atoms with Gasteiger partial charge in [-0.3, -0.25) is 0 Å². The maximum atomic E-state index is 10.2. The summed E-state index contributed by atoms with van der Waals surface area (Å²) in [6.07, 6.45) is 1.26. The molecule has 2 atom stereocenters. The van der Waals surface area contributed by atoms with Gasteiger partial charge >= 0.3 is 0 Å². The standard InChI is InChI=1S/C15H22O4/c1-2-3-8-17-9-10-18-14-11-19-13-7-5-4-6-12(13)15(14)16/h4-7,14-16H,2-3,8-11H2,1H3. The van der Waals surface area contributed by atoms with E-state index in [-0.39, 0.29) is 6.10 Å². The summed E-state index contributed by atoms with van der Waals surface area (Å²) in [4.78, 5) is 0. The highest BCUT2D eigenvalue weighted by Gasteiger charge is 2.29. The van der Waals surface area contributed by atoms with Crippen LogP contribution in [0, 0.1) is 0 Å². The minimum Gasteiger partial charge on any atom is -0.490 e. The van der Waals surface area contributed by atoms with Crippen LogP contribution in [0.15, 0.2) is 24.3 Å². The molecule has 1 aliphatic heterocycles. The molecule has 0 saturated heterocycles. The smallest absolute Gasteiger partial charge is 0.125 e. The second kappa shape index (κ2) is 7.48. The molecule has 0 spiro atoms. The minimum absolute atomic E-state index is 0.315. The molecule has 0 amide bonds. The van der Waals surface area contributed by atoms with Crippen LogP contribution < -0.4 is 4.74 Å². The molecule has 19 heavy (non-hydrogen) atoms. The van der Waals surface area contributed by atoms with Crippen molar-refractivity contribution in [2.75, 3.05) is 26.4 Å². The molecule has 0 aliphatic carbocycles. The molecule has 2 unspecified atom stereocenters. The molecule has 4 nitrogen and oxygen atoms in total. The summed E-state index contributed by atoms with van der Waals surface area (Å²) in [5.74, 6) is 0.744. The highest BCUT2D eigenvalue weighted by molar-refractivity contribution is 5.37. The van der Waals surface area contributed by atoms with Crippen molar-refractivity contribution in [3.05, 3.63) is 29.8 Å². The summed E-state index contributed by atoms with van der Waals surface area (Å²) in [6, 6.07) is 7.52. The molecule has 0 saturated carbocycles. The van der Waals surface area contributed by atoms with E-state index in [1.807, 2.05) is 24.3 Å². The van der Waals surface area contributed by atoms with Crippen LogP contribution >= 0.6 is 0 Å². The van der Waals surface area contributed by atoms with E-state index in [2.05, 4.69) is 6.92 Å². The number of para-hydroxylation sites is 1. The van der Waals surface area contributed by atoms with Gasteiger partial charge in [-0.25, -0.2) is 0 Å². The van der Waals surface area contributed by atoms with Crippen molar-refractivity contribution >= 4 is 0 Å². The van der Waals surface area contributed by atoms with Crippen molar-refractivity contribution in [3.63, 3.8) is 0 Å². The van der Waals surface area contributed by atoms with E-state index in [1.54, 1.807) is 0 Å². The average molecular weight is 266 g/mol. The van der Waals surface area contributed by atoms with E-state index < -0.39 is 6.10 Å². The lowest BCUT2D eigenvalue weighted by molar-refractivity contribution is -0.0851. The van der Waals surface area contributed by atoms with Gasteiger partial charge in [-0.15, -0.1) is 0 Å². The zero-order chi connectivity index (χ0) is 13.5. The predicted octanol–water partition coefficient (Wildman–Crippen LogP) is 2.31. The van der Waals surface area contributed by atoms with Crippen LogP contribution in [0.25, 0.3) is 0 Å². The topological polar surface area (TPSA) is 47.9 Å². The maximum absolute atomic E-state index is 10.2. The van der Waals surface area contributed by atoms with E-state index in [9.17, 15) is 5.11 Å². The first kappa shape index (κ1) is 14.3. The monoisotopic (exact) mass is 266 g/mol. The molecule has 1 aromatic carbocycles. The fraction of sp³-hybridized carbons (Fsp3) is 0.600. The Morgan fingerprint density at radius 2 is 2.11 bits per heavy atom. The molecular weight excluding hydrogens is 244 g/mol. The van der Waals surface area contributed by atoms with Crippen LogP contribution in [-0.4, -0.2) is 37.6 Å². The Hall–Kier alpha value is -1.10. The summed E-state index contributed by atoms with van der Waals surface area (Å²) in [6.45, 7) is 4.33. The lowest BCUT2D eigenvalue weighted by atomic mass is 10.0. The van der Waals surface area contributed by atoms with Crippen molar-refractivity contribution in [2.45, 2.75) is 32.0 Å². The van der Waals surface area contributed by atoms with Gasteiger partial charge in [0.2, 0.25) is 0 Å². The number of unbranched alkanes of at least 4 members (excludes halogenated alkanes) is 1. The molecule has 1 heterocycles. The molecule has 0 fully saturated rings. The molecule has 106 valence electrons. The Bertz CT molecular complexity index is 380. The van der Waals surface area contributed by atoms with Gasteiger partial charge in [0, 0.05) is 12.2 Å². The molecule has 0 radical (unpaired) electrons. The Morgan fingerprint density at radius 3 is 2.95 bits per heavy atom. The molecule has 0 aromatic heterocycles. The van der Waals surface area contributed by atoms with Gasteiger partial charge in [-0.2, -0.15) is 0 Å². The van der Waals surface area contributed by atoms with Crippen molar-refractivity contribution < 1.29 is 19.3 Å². The zero-order valence-electron chi connectivity index (χ0n) is 11.4. The number of aliphatic hydroxyl groups excluding tert-OH is 1. The highest BCUT2D eigenvalue weighted by Crippen LogP contribution is 2.32. The summed E-state index contributed by atoms with van der Waals surface area (Å²) < 4.78 is 16.6. The van der Waals surface area contributed by atoms with Gasteiger partial charge in [0.05, 0.1) is 13.2 Å². The van der Waals surface area contributed by atoms with Crippen molar-refractivity contribution in [3.8, 4) is 5.75 Å². The summed E-state index contributed by atoms with van der Waals surface area (Å²) >= 11 is 0. The van der Waals surface area contributed by atoms with Gasteiger partial charge in [0.1, 0.15) is 24.6 Å². The largest absolute Gasteiger partial charge is 0.490 e. The van der Waals surface area contributed by atoms with E-state index in [4.69, 9.17) is 14.2 Å². The van der Waals surface area contributed by atoms with Crippen molar-refractivity contribution in [2.24, 2.45) is 0 Å². The average Bonchev–Trinajstić information content (AvgIpc) is 2.45. The summed E-state index contributed by atoms with van der Waals surface area (Å²) in [5.41, 5.74) is 0.797. The van der Waals surface area contributed by atoms with Crippen LogP contribution in [0.5, 0.6) is 5.75 Å². The van der Waals surface area contributed by atoms with Crippen LogP contribution in [0.1, 0.15) is 31.4 Å². The van der Waals surface area contributed by atoms with Gasteiger partial charge in [-0.1, -0.05) is 31.5 Å². The fourth-order valence-electron chi connectivity index (χ4n) is 2.07. The Balaban J connectivity index is 1.74. The molecule has 4 heteroatoms. The van der Waals surface area contributed by atoms with E-state index >= 15 is 0 Å². The number of fused-ring (bicyclic) bond motifs is 1. The van der Waals surface area contributed by atoms with E-state index in [0.717, 1.165) is 30.8 Å². The maximum Gasteiger partial charge on any atom is 0.125 e. The first-order valence-electron chi connectivity index (χ1n) is 6.92. The third-order valence-corrected chi connectivity index (χ3v) is 3.19. The lowest BCUT2D eigenvalue weighted by Gasteiger charge is -2.30. The van der Waals surface area contributed by atoms with Gasteiger partial charge in [-0.05, 0) is 12.5 Å². The van der Waals surface area contributed by atoms with Crippen LogP contribution in [0.3, 0.4) is 0 Å². The quantitative estimate of drug-likeness (QED) is 0.769. The molecular formula is C15H22O4. The first-order chi connectivity index (χ1) is 9.33. The van der Waals surface area contributed by atoms with Gasteiger partial charge in [0.25, 0.3) is 0 Å². The van der Waals surface area contributed by atoms with Gasteiger partial charge < -0.3 is 19.3 Å². The third-order valence-electron chi connectivity index (χ3n) is 3.19. The zero-order valence-corrected chi connectivity index (χ0v) is 11.4. The molecule has 1 N–H and O–H groups in total. The SMILES string of the molecule is CCCCOCCOC1COc2ccccc2C1O. The fourth-order valence-corrected chi connectivity index (χ4v) is 2.07. The molecule has 0 bridgehead atoms. The molecule has 2 rings (SSSR count). The second-order valence-electron chi connectivity index (χ2n) is 4.67. The lowest BCUT2D eigenvalue weighted by Crippen LogP contribution is -2.34. The summed E-state index contributed by atoms with van der Waals surface area (Å²) in [5, 5.41) is 10.2. The van der Waals surface area contributed by atoms with E-state index in [1.165, 1.54) is 0 Å². The van der Waals surface area contributed by atoms with Crippen LogP contribution in [0.4, 0.5) is 0 Å². The predicted molar refractivity (Wildman–Crippen MR) is 72.4 cm³/mol. The normalized spacial score (nSPS) is 21.8. The highest BCUT2D eigenvalue weighted by atomic mass is 16.6. The van der Waals surface area contributed by atoms with E-state index in [0.29, 0.717) is 19.8 Å². The summed E-state index contributed by atoms with van der Waals surface area (Å²) in [7, 11) is 0. The van der Waals surface area contributed by atoms with Crippen LogP contribution in [0.2, 0.25) is 0 Å². The number of aliphatic hydroxyl groups is 1. The number of hydrogen-bond donors (Lipinski definition) is 1. The second-order valence-corrected chi connectivity index (χ2v) is 4.67. The third kappa shape index (κ3) is 3.93. The Morgan fingerprint density at radius 1 is 1.26 bits per heavy atom. The van der Waals surface area contributed by atoms with Gasteiger partial charge in [0.15, 0.2) is 0 Å². The molecule has 1 aromatic rings. The number of rotatable bonds is 7. The Labute approximate surface area is 114 Å². The number of hydrogen-bond acceptors (Lipinski definition) is 4. The van der Waals surface area contributed by atoms with Crippen molar-refractivity contribution in [1.82, 2.24) is 0 Å². The number of ether oxygens (including phenoxy) is 3.